The molecule has 9 heteroatoms. The van der Waals surface area contributed by atoms with Crippen LogP contribution in [0.25, 0.3) is 11.0 Å². The highest BCUT2D eigenvalue weighted by Gasteiger charge is 2.28. The minimum atomic E-state index is -0.705. The van der Waals surface area contributed by atoms with Crippen LogP contribution in [0.4, 0.5) is 5.82 Å². The number of aliphatic hydroxyl groups excluding tert-OH is 1. The summed E-state index contributed by atoms with van der Waals surface area (Å²) in [5.74, 6) is 1.71. The number of nitrogens with zero attached hydrogens (tertiary/aromatic N) is 4. The first-order valence-corrected chi connectivity index (χ1v) is 10.5. The van der Waals surface area contributed by atoms with E-state index in [1.807, 2.05) is 22.8 Å². The molecule has 1 saturated carbocycles. The molecule has 0 aliphatic heterocycles. The van der Waals surface area contributed by atoms with Gasteiger partial charge in [0.2, 0.25) is 0 Å². The van der Waals surface area contributed by atoms with Crippen LogP contribution in [0, 0.1) is 11.8 Å². The van der Waals surface area contributed by atoms with Gasteiger partial charge >= 0.3 is 5.69 Å². The quantitative estimate of drug-likeness (QED) is 0.582. The van der Waals surface area contributed by atoms with Crippen LogP contribution < -0.4 is 15.7 Å². The smallest absolute Gasteiger partial charge is 0.328 e. The van der Waals surface area contributed by atoms with Crippen LogP contribution in [0.5, 0.6) is 5.75 Å². The highest BCUT2D eigenvalue weighted by atomic mass is 35.5. The minimum Gasteiger partial charge on any atom is -0.497 e. The lowest BCUT2D eigenvalue weighted by Crippen LogP contribution is -2.34. The summed E-state index contributed by atoms with van der Waals surface area (Å²) < 4.78 is 8.86. The molecule has 2 N–H and O–H groups in total. The van der Waals surface area contributed by atoms with Crippen molar-refractivity contribution in [1.29, 1.82) is 0 Å². The van der Waals surface area contributed by atoms with Crippen molar-refractivity contribution >= 4 is 28.5 Å². The van der Waals surface area contributed by atoms with E-state index in [9.17, 15) is 9.90 Å². The van der Waals surface area contributed by atoms with Crippen molar-refractivity contribution in [3.8, 4) is 5.75 Å². The van der Waals surface area contributed by atoms with Gasteiger partial charge in [0.15, 0.2) is 0 Å². The van der Waals surface area contributed by atoms with Crippen LogP contribution in [0.3, 0.4) is 0 Å². The van der Waals surface area contributed by atoms with Crippen LogP contribution in [-0.4, -0.2) is 37.5 Å². The standard InChI is InChI=1S/C21H26ClN5O3/c1-26-16-8-7-15(30-2)9-17(16)27(21(26)29)12-13-3-5-14(6-4-13)20(28)25-19-11-23-10-18(22)24-19/h7-11,13-14,20,28H,3-6,12H2,1-2H3,(H,24,25). The van der Waals surface area contributed by atoms with Gasteiger partial charge in [-0.2, -0.15) is 0 Å². The van der Waals surface area contributed by atoms with E-state index in [1.54, 1.807) is 24.9 Å². The molecule has 4 rings (SSSR count). The minimum absolute atomic E-state index is 0.0124. The SMILES string of the molecule is COc1ccc2c(c1)n(CC1CCC(C(O)Nc3cncc(Cl)n3)CC1)c(=O)n2C. The van der Waals surface area contributed by atoms with Gasteiger partial charge in [-0.05, 0) is 43.7 Å². The predicted octanol–water partition coefficient (Wildman–Crippen LogP) is 3.03. The van der Waals surface area contributed by atoms with E-state index in [1.165, 1.54) is 6.20 Å². The molecule has 1 aliphatic rings. The van der Waals surface area contributed by atoms with Crippen molar-refractivity contribution in [3.05, 3.63) is 46.2 Å². The number of methoxy groups -OCH3 is 1. The van der Waals surface area contributed by atoms with Crippen LogP contribution >= 0.6 is 11.6 Å². The summed E-state index contributed by atoms with van der Waals surface area (Å²) >= 11 is 5.85. The van der Waals surface area contributed by atoms with Crippen molar-refractivity contribution in [2.75, 3.05) is 12.4 Å². The first-order chi connectivity index (χ1) is 14.5. The molecule has 0 radical (unpaired) electrons. The zero-order valence-electron chi connectivity index (χ0n) is 17.1. The predicted molar refractivity (Wildman–Crippen MR) is 116 cm³/mol. The van der Waals surface area contributed by atoms with Crippen LogP contribution in [0.1, 0.15) is 25.7 Å². The molecule has 0 saturated heterocycles. The molecule has 1 aliphatic carbocycles. The summed E-state index contributed by atoms with van der Waals surface area (Å²) in [4.78, 5) is 20.9. The zero-order chi connectivity index (χ0) is 21.3. The highest BCUT2D eigenvalue weighted by Crippen LogP contribution is 2.33. The second-order valence-electron chi connectivity index (χ2n) is 7.90. The topological polar surface area (TPSA) is 94.2 Å². The first kappa shape index (κ1) is 20.7. The van der Waals surface area contributed by atoms with Gasteiger partial charge in [0.05, 0.1) is 30.5 Å². The molecule has 1 fully saturated rings. The molecule has 30 heavy (non-hydrogen) atoms. The van der Waals surface area contributed by atoms with Gasteiger partial charge in [-0.1, -0.05) is 11.6 Å². The second kappa shape index (κ2) is 8.65. The van der Waals surface area contributed by atoms with Crippen molar-refractivity contribution in [2.45, 2.75) is 38.5 Å². The second-order valence-corrected chi connectivity index (χ2v) is 8.29. The zero-order valence-corrected chi connectivity index (χ0v) is 17.8. The molecule has 0 amide bonds. The van der Waals surface area contributed by atoms with Gasteiger partial charge in [-0.15, -0.1) is 0 Å². The normalized spacial score (nSPS) is 20.3. The number of ether oxygens (including phenoxy) is 1. The summed E-state index contributed by atoms with van der Waals surface area (Å²) in [5.41, 5.74) is 1.78. The van der Waals surface area contributed by atoms with Gasteiger partial charge in [0.25, 0.3) is 0 Å². The molecule has 0 bridgehead atoms. The molecule has 1 atom stereocenters. The molecule has 0 spiro atoms. The fourth-order valence-corrected chi connectivity index (χ4v) is 4.47. The third-order valence-electron chi connectivity index (χ3n) is 6.03. The molecule has 3 aromatic rings. The van der Waals surface area contributed by atoms with E-state index in [2.05, 4.69) is 15.3 Å². The summed E-state index contributed by atoms with van der Waals surface area (Å²) in [6, 6.07) is 5.71. The average Bonchev–Trinajstić information content (AvgIpc) is 2.98. The molecule has 2 aromatic heterocycles. The van der Waals surface area contributed by atoms with Crippen molar-refractivity contribution in [1.82, 2.24) is 19.1 Å². The number of rotatable bonds is 6. The van der Waals surface area contributed by atoms with Gasteiger partial charge in [-0.25, -0.2) is 9.78 Å². The number of anilines is 1. The first-order valence-electron chi connectivity index (χ1n) is 10.1. The Balaban J connectivity index is 1.41. The maximum Gasteiger partial charge on any atom is 0.328 e. The molecule has 1 aromatic carbocycles. The summed E-state index contributed by atoms with van der Waals surface area (Å²) in [6.45, 7) is 0.666. The Bertz CT molecular complexity index is 1090. The molecule has 160 valence electrons. The van der Waals surface area contributed by atoms with E-state index in [0.717, 1.165) is 42.5 Å². The number of fused-ring (bicyclic) bond motifs is 1. The van der Waals surface area contributed by atoms with E-state index >= 15 is 0 Å². The molecule has 2 heterocycles. The molecular weight excluding hydrogens is 406 g/mol. The van der Waals surface area contributed by atoms with E-state index in [-0.39, 0.29) is 16.8 Å². The number of halogens is 1. The lowest BCUT2D eigenvalue weighted by atomic mass is 9.81. The largest absolute Gasteiger partial charge is 0.497 e. The highest BCUT2D eigenvalue weighted by molar-refractivity contribution is 6.29. The molecule has 1 unspecified atom stereocenters. The Morgan fingerprint density at radius 1 is 1.27 bits per heavy atom. The average molecular weight is 432 g/mol. The van der Waals surface area contributed by atoms with E-state index < -0.39 is 6.23 Å². The summed E-state index contributed by atoms with van der Waals surface area (Å²) in [7, 11) is 3.42. The number of nitrogens with one attached hydrogen (secondary N) is 1. The maximum absolute atomic E-state index is 12.8. The Hall–Kier alpha value is -2.58. The summed E-state index contributed by atoms with van der Waals surface area (Å²) in [6.07, 6.45) is 5.92. The van der Waals surface area contributed by atoms with Crippen molar-refractivity contribution in [2.24, 2.45) is 18.9 Å². The van der Waals surface area contributed by atoms with Crippen LogP contribution in [-0.2, 0) is 13.6 Å². The monoisotopic (exact) mass is 431 g/mol. The summed E-state index contributed by atoms with van der Waals surface area (Å²) in [5, 5.41) is 13.8. The maximum atomic E-state index is 12.8. The number of aryl methyl sites for hydroxylation is 1. The van der Waals surface area contributed by atoms with Gasteiger partial charge in [-0.3, -0.25) is 14.1 Å². The fraction of sp³-hybridized carbons (Fsp3) is 0.476. The number of benzene rings is 1. The van der Waals surface area contributed by atoms with Crippen molar-refractivity contribution < 1.29 is 9.84 Å². The third-order valence-corrected chi connectivity index (χ3v) is 6.21. The fourth-order valence-electron chi connectivity index (χ4n) is 4.32. The van der Waals surface area contributed by atoms with Gasteiger partial charge < -0.3 is 15.2 Å². The number of hydrogen-bond acceptors (Lipinski definition) is 6. The van der Waals surface area contributed by atoms with E-state index in [0.29, 0.717) is 18.3 Å². The number of aromatic nitrogens is 4. The number of imidazole rings is 1. The van der Waals surface area contributed by atoms with Crippen molar-refractivity contribution in [3.63, 3.8) is 0 Å². The van der Waals surface area contributed by atoms with Crippen LogP contribution in [0.2, 0.25) is 5.15 Å². The third kappa shape index (κ3) is 4.15. The number of hydrogen-bond donors (Lipinski definition) is 2. The molecular formula is C21H26ClN5O3. The lowest BCUT2D eigenvalue weighted by Gasteiger charge is -2.32. The van der Waals surface area contributed by atoms with Gasteiger partial charge in [0, 0.05) is 25.6 Å². The lowest BCUT2D eigenvalue weighted by molar-refractivity contribution is 0.0922. The Morgan fingerprint density at radius 3 is 2.73 bits per heavy atom. The Kier molecular flexibility index (Phi) is 5.97. The number of aliphatic hydroxyl groups is 1. The molecule has 8 nitrogen and oxygen atoms in total. The van der Waals surface area contributed by atoms with E-state index in [4.69, 9.17) is 16.3 Å². The van der Waals surface area contributed by atoms with Crippen LogP contribution in [0.15, 0.2) is 35.4 Å². The van der Waals surface area contributed by atoms with Gasteiger partial charge in [0.1, 0.15) is 22.9 Å². The Labute approximate surface area is 179 Å². The Morgan fingerprint density at radius 2 is 2.03 bits per heavy atom.